The molecule has 2 aliphatic rings. The minimum absolute atomic E-state index is 0.218. The van der Waals surface area contributed by atoms with E-state index in [0.717, 1.165) is 0 Å². The van der Waals surface area contributed by atoms with E-state index >= 15 is 0 Å². The standard InChI is InChI=1S/C17H23N3O6/c1-7-13(24-2)12-11(15(26-4)14(7)25-3)9(6-21)10-5-8(16(22)19-18)17(23)20(10)12/h8-10,21H,5-6,18H2,1-4H3,(H,19,22)/t8?,9-,10?/m0/s1. The molecule has 0 spiro atoms. The summed E-state index contributed by atoms with van der Waals surface area (Å²) in [4.78, 5) is 26.5. The fourth-order valence-corrected chi connectivity index (χ4v) is 4.21. The summed E-state index contributed by atoms with van der Waals surface area (Å²) in [5, 5.41) is 10.0. The maximum Gasteiger partial charge on any atom is 0.246 e. The Labute approximate surface area is 151 Å². The monoisotopic (exact) mass is 365 g/mol. The van der Waals surface area contributed by atoms with Crippen LogP contribution in [0, 0.1) is 12.8 Å². The van der Waals surface area contributed by atoms with E-state index in [1.807, 2.05) is 5.43 Å². The van der Waals surface area contributed by atoms with Crippen LogP contribution in [0.5, 0.6) is 17.2 Å². The molecule has 9 nitrogen and oxygen atoms in total. The maximum atomic E-state index is 12.9. The second-order valence-corrected chi connectivity index (χ2v) is 6.35. The molecule has 2 unspecified atom stereocenters. The molecule has 26 heavy (non-hydrogen) atoms. The Balaban J connectivity index is 2.27. The number of hydrogen-bond acceptors (Lipinski definition) is 7. The number of methoxy groups -OCH3 is 3. The number of anilines is 1. The number of amides is 2. The summed E-state index contributed by atoms with van der Waals surface area (Å²) < 4.78 is 16.6. The number of rotatable bonds is 5. The Kier molecular flexibility index (Phi) is 4.68. The highest BCUT2D eigenvalue weighted by Crippen LogP contribution is 2.59. The van der Waals surface area contributed by atoms with Crippen molar-refractivity contribution in [1.29, 1.82) is 0 Å². The lowest BCUT2D eigenvalue weighted by Gasteiger charge is -2.23. The average molecular weight is 365 g/mol. The number of benzene rings is 1. The lowest BCUT2D eigenvalue weighted by atomic mass is 9.89. The first-order valence-electron chi connectivity index (χ1n) is 8.23. The van der Waals surface area contributed by atoms with Crippen molar-refractivity contribution in [3.8, 4) is 17.2 Å². The number of aliphatic hydroxyl groups excluding tert-OH is 1. The van der Waals surface area contributed by atoms with Crippen LogP contribution in [-0.2, 0) is 9.59 Å². The third-order valence-electron chi connectivity index (χ3n) is 5.29. The number of carbonyl (C=O) groups is 2. The van der Waals surface area contributed by atoms with Crippen molar-refractivity contribution in [2.45, 2.75) is 25.3 Å². The molecular formula is C17H23N3O6. The minimum atomic E-state index is -0.898. The molecule has 142 valence electrons. The van der Waals surface area contributed by atoms with Gasteiger partial charge in [0.1, 0.15) is 11.7 Å². The molecule has 1 fully saturated rings. The average Bonchev–Trinajstić information content (AvgIpc) is 3.14. The Morgan fingerprint density at radius 1 is 1.23 bits per heavy atom. The summed E-state index contributed by atoms with van der Waals surface area (Å²) in [6.07, 6.45) is 0.245. The number of nitrogens with two attached hydrogens (primary N) is 1. The van der Waals surface area contributed by atoms with Gasteiger partial charge in [0.05, 0.1) is 33.6 Å². The zero-order valence-electron chi connectivity index (χ0n) is 15.2. The second-order valence-electron chi connectivity index (χ2n) is 6.35. The molecule has 3 rings (SSSR count). The van der Waals surface area contributed by atoms with Gasteiger partial charge in [-0.1, -0.05) is 0 Å². The van der Waals surface area contributed by atoms with Crippen LogP contribution in [0.1, 0.15) is 23.5 Å². The Morgan fingerprint density at radius 2 is 1.85 bits per heavy atom. The van der Waals surface area contributed by atoms with E-state index in [4.69, 9.17) is 20.1 Å². The van der Waals surface area contributed by atoms with E-state index in [-0.39, 0.29) is 25.0 Å². The fraction of sp³-hybridized carbons (Fsp3) is 0.529. The lowest BCUT2D eigenvalue weighted by Crippen LogP contribution is -2.40. The minimum Gasteiger partial charge on any atom is -0.494 e. The Morgan fingerprint density at radius 3 is 2.35 bits per heavy atom. The number of nitrogens with zero attached hydrogens (tertiary/aromatic N) is 1. The van der Waals surface area contributed by atoms with Crippen LogP contribution >= 0.6 is 0 Å². The van der Waals surface area contributed by atoms with Gasteiger partial charge in [-0.15, -0.1) is 0 Å². The molecular weight excluding hydrogens is 342 g/mol. The van der Waals surface area contributed by atoms with Crippen LogP contribution in [0.2, 0.25) is 0 Å². The van der Waals surface area contributed by atoms with Crippen LogP contribution in [0.15, 0.2) is 0 Å². The van der Waals surface area contributed by atoms with Crippen molar-refractivity contribution in [3.63, 3.8) is 0 Å². The molecule has 2 amide bonds. The molecule has 1 aromatic rings. The number of nitrogens with one attached hydrogen (secondary N) is 1. The highest BCUT2D eigenvalue weighted by Gasteiger charge is 2.55. The van der Waals surface area contributed by atoms with Crippen LogP contribution in [-0.4, -0.2) is 50.9 Å². The van der Waals surface area contributed by atoms with E-state index in [0.29, 0.717) is 34.1 Å². The number of hydrogen-bond donors (Lipinski definition) is 3. The largest absolute Gasteiger partial charge is 0.494 e. The molecule has 4 N–H and O–H groups in total. The highest BCUT2D eigenvalue weighted by atomic mass is 16.5. The Bertz CT molecular complexity index is 766. The first-order valence-corrected chi connectivity index (χ1v) is 8.23. The normalized spacial score (nSPS) is 23.5. The quantitative estimate of drug-likeness (QED) is 0.286. The molecule has 2 aliphatic heterocycles. The van der Waals surface area contributed by atoms with Gasteiger partial charge in [0.15, 0.2) is 11.5 Å². The van der Waals surface area contributed by atoms with Gasteiger partial charge in [-0.3, -0.25) is 15.0 Å². The van der Waals surface area contributed by atoms with Crippen LogP contribution < -0.4 is 30.4 Å². The maximum absolute atomic E-state index is 12.9. The SMILES string of the molecule is COc1c(C)c(OC)c2c(c1OC)[C@@H](CO)C1CC(C(=O)NN)C(=O)N21. The second kappa shape index (κ2) is 6.65. The van der Waals surface area contributed by atoms with Gasteiger partial charge in [-0.2, -0.15) is 0 Å². The zero-order chi connectivity index (χ0) is 19.2. The lowest BCUT2D eigenvalue weighted by molar-refractivity contribution is -0.132. The number of hydrazine groups is 1. The highest BCUT2D eigenvalue weighted by molar-refractivity contribution is 6.12. The summed E-state index contributed by atoms with van der Waals surface area (Å²) in [6.45, 7) is 1.58. The summed E-state index contributed by atoms with van der Waals surface area (Å²) >= 11 is 0. The smallest absolute Gasteiger partial charge is 0.246 e. The van der Waals surface area contributed by atoms with E-state index in [1.54, 1.807) is 6.92 Å². The van der Waals surface area contributed by atoms with Crippen LogP contribution in [0.4, 0.5) is 5.69 Å². The predicted octanol–water partition coefficient (Wildman–Crippen LogP) is -0.178. The summed E-state index contributed by atoms with van der Waals surface area (Å²) in [5.74, 6) is 4.38. The molecule has 0 aromatic heterocycles. The molecule has 9 heteroatoms. The Hall–Kier alpha value is -2.52. The molecule has 0 bridgehead atoms. The number of carbonyl (C=O) groups excluding carboxylic acids is 2. The van der Waals surface area contributed by atoms with E-state index < -0.39 is 17.7 Å². The van der Waals surface area contributed by atoms with Crippen molar-refractivity contribution in [3.05, 3.63) is 11.1 Å². The first kappa shape index (κ1) is 18.3. The first-order chi connectivity index (χ1) is 12.5. The van der Waals surface area contributed by atoms with Crippen molar-refractivity contribution in [2.75, 3.05) is 32.8 Å². The zero-order valence-corrected chi connectivity index (χ0v) is 15.2. The van der Waals surface area contributed by atoms with Gasteiger partial charge in [-0.05, 0) is 13.3 Å². The topological polar surface area (TPSA) is 123 Å². The third kappa shape index (κ3) is 2.24. The van der Waals surface area contributed by atoms with Crippen molar-refractivity contribution < 1.29 is 28.9 Å². The van der Waals surface area contributed by atoms with Gasteiger partial charge in [0.25, 0.3) is 0 Å². The molecule has 0 aliphatic carbocycles. The number of fused-ring (bicyclic) bond motifs is 3. The fourth-order valence-electron chi connectivity index (χ4n) is 4.21. The van der Waals surface area contributed by atoms with E-state index in [9.17, 15) is 14.7 Å². The van der Waals surface area contributed by atoms with Crippen molar-refractivity contribution in [2.24, 2.45) is 11.8 Å². The number of ether oxygens (including phenoxy) is 3. The van der Waals surface area contributed by atoms with E-state index in [1.165, 1.54) is 26.2 Å². The van der Waals surface area contributed by atoms with Gasteiger partial charge < -0.3 is 24.2 Å². The van der Waals surface area contributed by atoms with Gasteiger partial charge in [-0.25, -0.2) is 5.84 Å². The molecule has 0 saturated carbocycles. The van der Waals surface area contributed by atoms with Crippen LogP contribution in [0.25, 0.3) is 0 Å². The van der Waals surface area contributed by atoms with Crippen molar-refractivity contribution >= 4 is 17.5 Å². The molecule has 1 saturated heterocycles. The summed E-state index contributed by atoms with van der Waals surface area (Å²) in [7, 11) is 4.53. The third-order valence-corrected chi connectivity index (χ3v) is 5.29. The molecule has 3 atom stereocenters. The van der Waals surface area contributed by atoms with Crippen LogP contribution in [0.3, 0.4) is 0 Å². The summed E-state index contributed by atoms with van der Waals surface area (Å²) in [6, 6.07) is -0.390. The molecule has 0 radical (unpaired) electrons. The number of aliphatic hydroxyl groups is 1. The van der Waals surface area contributed by atoms with E-state index in [2.05, 4.69) is 0 Å². The van der Waals surface area contributed by atoms with Crippen molar-refractivity contribution in [1.82, 2.24) is 5.43 Å². The molecule has 2 heterocycles. The predicted molar refractivity (Wildman–Crippen MR) is 92.4 cm³/mol. The van der Waals surface area contributed by atoms with Gasteiger partial charge >= 0.3 is 0 Å². The van der Waals surface area contributed by atoms with Gasteiger partial charge in [0.2, 0.25) is 11.8 Å². The van der Waals surface area contributed by atoms with Gasteiger partial charge in [0, 0.05) is 23.1 Å². The molecule has 1 aromatic carbocycles. The summed E-state index contributed by atoms with van der Waals surface area (Å²) in [5.41, 5.74) is 3.88.